The third kappa shape index (κ3) is 8.53. The van der Waals surface area contributed by atoms with Crippen molar-refractivity contribution in [1.29, 1.82) is 0 Å². The summed E-state index contributed by atoms with van der Waals surface area (Å²) < 4.78 is 28.8. The van der Waals surface area contributed by atoms with E-state index in [0.717, 1.165) is 5.69 Å². The monoisotopic (exact) mass is 472 g/mol. The van der Waals surface area contributed by atoms with Gasteiger partial charge in [-0.3, -0.25) is 4.79 Å². The molecule has 1 heterocycles. The summed E-state index contributed by atoms with van der Waals surface area (Å²) in [6.07, 6.45) is 0.241. The number of hydrogen-bond donors (Lipinski definition) is 4. The molecule has 4 N–H and O–H groups in total. The third-order valence-corrected chi connectivity index (χ3v) is 5.31. The van der Waals surface area contributed by atoms with Crippen LogP contribution in [-0.4, -0.2) is 43.6 Å². The summed E-state index contributed by atoms with van der Waals surface area (Å²) in [5.41, 5.74) is 2.20. The Balaban J connectivity index is 0.000000495. The van der Waals surface area contributed by atoms with E-state index in [1.165, 1.54) is 36.5 Å². The number of amides is 1. The summed E-state index contributed by atoms with van der Waals surface area (Å²) in [6.45, 7) is 1.18. The normalized spacial score (nSPS) is 10.1. The average molecular weight is 473 g/mol. The minimum atomic E-state index is -5.14. The molecule has 0 aliphatic heterocycles. The van der Waals surface area contributed by atoms with E-state index < -0.39 is 20.1 Å². The van der Waals surface area contributed by atoms with Crippen LogP contribution < -0.4 is 9.67 Å². The number of aromatic hydroxyl groups is 1. The Hall–Kier alpha value is -1.35. The number of aromatic nitrogens is 1. The molecular weight excluding hydrogens is 458 g/mol. The number of phenols is 1. The van der Waals surface area contributed by atoms with Crippen LogP contribution in [0.5, 0.6) is 5.75 Å². The first-order valence-corrected chi connectivity index (χ1v) is 11.0. The van der Waals surface area contributed by atoms with E-state index in [0.29, 0.717) is 0 Å². The van der Waals surface area contributed by atoms with Gasteiger partial charge in [0.25, 0.3) is 0 Å². The van der Waals surface area contributed by atoms with Crippen molar-refractivity contribution in [3.05, 3.63) is 34.8 Å². The number of benzene rings is 1. The van der Waals surface area contributed by atoms with Crippen molar-refractivity contribution in [3.8, 4) is 5.75 Å². The minimum Gasteiger partial charge on any atom is -0.281 e. The topological polar surface area (TPSA) is 137 Å². The average Bonchev–Trinajstić information content (AvgIpc) is 2.92. The molecule has 0 saturated carbocycles. The second kappa shape index (κ2) is 10.6. The van der Waals surface area contributed by atoms with Crippen LogP contribution in [0.3, 0.4) is 0 Å². The van der Waals surface area contributed by atoms with Crippen molar-refractivity contribution in [3.63, 3.8) is 0 Å². The molecule has 1 aromatic heterocycles. The number of anilines is 1. The van der Waals surface area contributed by atoms with E-state index in [-0.39, 0.29) is 39.9 Å². The van der Waals surface area contributed by atoms with Gasteiger partial charge in [-0.1, -0.05) is 0 Å². The van der Waals surface area contributed by atoms with Crippen molar-refractivity contribution in [2.24, 2.45) is 0 Å². The summed E-state index contributed by atoms with van der Waals surface area (Å²) in [6, 6.07) is 3.71. The number of halogens is 2. The molecule has 0 bridgehead atoms. The van der Waals surface area contributed by atoms with E-state index in [2.05, 4.69) is 10.3 Å². The van der Waals surface area contributed by atoms with E-state index >= 15 is 0 Å². The molecule has 2 rings (SSSR count). The quantitative estimate of drug-likeness (QED) is 0.293. The van der Waals surface area contributed by atoms with Crippen LogP contribution in [0.2, 0.25) is 0 Å². The molecule has 25 heavy (non-hydrogen) atoms. The SMILES string of the molecule is CC(=O)Nc1c(O)cccc1[As](=O)(O)O.Cl.O=C(Cl)Cc1cscn1. The van der Waals surface area contributed by atoms with Crippen LogP contribution in [0.1, 0.15) is 12.6 Å². The number of para-hydroxylation sites is 1. The predicted molar refractivity (Wildman–Crippen MR) is 96.8 cm³/mol. The molecule has 0 fully saturated rings. The van der Waals surface area contributed by atoms with Crippen molar-refractivity contribution in [1.82, 2.24) is 4.98 Å². The molecule has 2 aromatic rings. The molecule has 8 nitrogen and oxygen atoms in total. The van der Waals surface area contributed by atoms with E-state index in [9.17, 15) is 18.4 Å². The van der Waals surface area contributed by atoms with Crippen molar-refractivity contribution in [2.75, 3.05) is 5.32 Å². The smallest absolute Gasteiger partial charge is 0.227 e. The second-order valence-corrected chi connectivity index (χ2v) is 8.84. The van der Waals surface area contributed by atoms with Gasteiger partial charge in [0, 0.05) is 5.38 Å². The van der Waals surface area contributed by atoms with Crippen LogP contribution >= 0.6 is 35.3 Å². The van der Waals surface area contributed by atoms with Crippen molar-refractivity contribution < 1.29 is 26.6 Å². The van der Waals surface area contributed by atoms with Gasteiger partial charge in [-0.05, 0) is 11.6 Å². The number of thiazole rings is 1. The van der Waals surface area contributed by atoms with Gasteiger partial charge < -0.3 is 0 Å². The Morgan fingerprint density at radius 1 is 1.36 bits per heavy atom. The molecule has 0 aliphatic carbocycles. The van der Waals surface area contributed by atoms with E-state index in [1.807, 2.05) is 0 Å². The number of carbonyl (C=O) groups excluding carboxylic acids is 2. The predicted octanol–water partition coefficient (Wildman–Crippen LogP) is 0.784. The van der Waals surface area contributed by atoms with Gasteiger partial charge in [0.05, 0.1) is 17.6 Å². The number of phenolic OH excluding ortho intramolecular Hbond substituents is 1. The van der Waals surface area contributed by atoms with Crippen LogP contribution in [0.4, 0.5) is 5.69 Å². The third-order valence-electron chi connectivity index (χ3n) is 2.44. The first-order chi connectivity index (χ1) is 11.1. The maximum absolute atomic E-state index is 11.1. The molecule has 1 amide bonds. The van der Waals surface area contributed by atoms with Gasteiger partial charge in [-0.2, -0.15) is 0 Å². The molecular formula is C13H15AsCl2N2O6S. The Kier molecular flexibility index (Phi) is 10.0. The number of nitrogens with one attached hydrogen (secondary N) is 1. The Morgan fingerprint density at radius 2 is 2.00 bits per heavy atom. The minimum absolute atomic E-state index is 0. The van der Waals surface area contributed by atoms with Crippen LogP contribution in [0, 0.1) is 0 Å². The zero-order valence-electron chi connectivity index (χ0n) is 12.7. The fourth-order valence-corrected chi connectivity index (χ4v) is 3.79. The summed E-state index contributed by atoms with van der Waals surface area (Å²) in [7, 11) is 0. The Labute approximate surface area is 161 Å². The fourth-order valence-electron chi connectivity index (χ4n) is 1.54. The molecule has 0 spiro atoms. The van der Waals surface area contributed by atoms with Gasteiger partial charge in [-0.25, -0.2) is 4.98 Å². The maximum Gasteiger partial charge on any atom is 0.227 e. The number of carbonyl (C=O) groups is 2. The number of nitrogens with zero attached hydrogens (tertiary/aromatic N) is 1. The molecule has 12 heteroatoms. The molecule has 0 aliphatic rings. The zero-order valence-corrected chi connectivity index (χ0v) is 17.0. The summed E-state index contributed by atoms with van der Waals surface area (Å²) in [5.74, 6) is -0.880. The molecule has 138 valence electrons. The van der Waals surface area contributed by atoms with Gasteiger partial charge in [0.15, 0.2) is 0 Å². The van der Waals surface area contributed by atoms with Gasteiger partial charge >= 0.3 is 88.1 Å². The number of hydrogen-bond acceptors (Lipinski definition) is 6. The molecule has 0 radical (unpaired) electrons. The largest absolute Gasteiger partial charge is 0.281 e. The summed E-state index contributed by atoms with van der Waals surface area (Å²) >= 11 is 1.41. The van der Waals surface area contributed by atoms with Gasteiger partial charge in [0.2, 0.25) is 5.24 Å². The fraction of sp³-hybridized carbons (Fsp3) is 0.154. The standard InChI is InChI=1S/C8H10AsNO5.C5H4ClNOS.ClH/c1-5(11)10-8-6(9(13,14)15)3-2-4-7(8)12;6-5(8)1-4-2-9-3-7-4;/h2-4,12H,1H3,(H,10,11)(H2,13,14,15);2-3H,1H2;1H. The molecule has 0 saturated heterocycles. The van der Waals surface area contributed by atoms with Crippen molar-refractivity contribution in [2.45, 2.75) is 13.3 Å². The van der Waals surface area contributed by atoms with Crippen molar-refractivity contribution >= 4 is 70.7 Å². The molecule has 1 aromatic carbocycles. The van der Waals surface area contributed by atoms with Crippen LogP contribution in [-0.2, 0) is 19.7 Å². The maximum atomic E-state index is 11.1. The zero-order chi connectivity index (χ0) is 18.3. The van der Waals surface area contributed by atoms with Crippen LogP contribution in [0.25, 0.3) is 0 Å². The van der Waals surface area contributed by atoms with Crippen LogP contribution in [0.15, 0.2) is 29.1 Å². The summed E-state index contributed by atoms with van der Waals surface area (Å²) in [4.78, 5) is 24.9. The molecule has 0 unspecified atom stereocenters. The molecule has 0 atom stereocenters. The van der Waals surface area contributed by atoms with Gasteiger partial charge in [0.1, 0.15) is 0 Å². The second-order valence-electron chi connectivity index (χ2n) is 4.41. The Morgan fingerprint density at radius 3 is 2.44 bits per heavy atom. The van der Waals surface area contributed by atoms with E-state index in [1.54, 1.807) is 10.9 Å². The summed E-state index contributed by atoms with van der Waals surface area (Å²) in [5, 5.41) is 13.0. The van der Waals surface area contributed by atoms with E-state index in [4.69, 9.17) is 19.8 Å². The van der Waals surface area contributed by atoms with Gasteiger partial charge in [-0.15, -0.1) is 23.7 Å². The Bertz CT molecular complexity index is 766. The first-order valence-electron chi connectivity index (χ1n) is 6.32. The first kappa shape index (κ1) is 23.6. The number of rotatable bonds is 4.